The Morgan fingerprint density at radius 3 is 2.61 bits per heavy atom. The van der Waals surface area contributed by atoms with Gasteiger partial charge in [-0.25, -0.2) is 0 Å². The van der Waals surface area contributed by atoms with Gasteiger partial charge in [0, 0.05) is 46.8 Å². The van der Waals surface area contributed by atoms with Crippen LogP contribution in [0.4, 0.5) is 13.2 Å². The summed E-state index contributed by atoms with van der Waals surface area (Å²) < 4.78 is 52.8. The van der Waals surface area contributed by atoms with Gasteiger partial charge in [0.05, 0.1) is 12.2 Å². The van der Waals surface area contributed by atoms with E-state index in [4.69, 9.17) is 0 Å². The molecule has 1 aromatic carbocycles. The van der Waals surface area contributed by atoms with Crippen LogP contribution in [-0.4, -0.2) is 30.3 Å². The number of hydrogen-bond donors (Lipinski definition) is 0. The molecule has 0 aliphatic rings. The molecule has 0 saturated carbocycles. The first-order valence-corrected chi connectivity index (χ1v) is 10.6. The predicted molar refractivity (Wildman–Crippen MR) is 110 cm³/mol. The van der Waals surface area contributed by atoms with Crippen LogP contribution in [-0.2, 0) is 23.9 Å². The van der Waals surface area contributed by atoms with Crippen molar-refractivity contribution in [3.8, 4) is 11.3 Å². The SMILES string of the molecule is C[S+]([O-])c1nc(-c2ccc(=O)n(Cc3ccc4ccncc4c3)c2)cc(C(F)(F)F)n1. The van der Waals surface area contributed by atoms with Crippen molar-refractivity contribution in [1.82, 2.24) is 19.5 Å². The lowest BCUT2D eigenvalue weighted by molar-refractivity contribution is -0.141. The summed E-state index contributed by atoms with van der Waals surface area (Å²) in [5.74, 6) is 0. The lowest BCUT2D eigenvalue weighted by Gasteiger charge is -2.12. The van der Waals surface area contributed by atoms with E-state index in [1.807, 2.05) is 24.3 Å². The van der Waals surface area contributed by atoms with E-state index in [0.717, 1.165) is 22.4 Å². The van der Waals surface area contributed by atoms with Crippen molar-refractivity contribution in [1.29, 1.82) is 0 Å². The molecule has 3 heterocycles. The Balaban J connectivity index is 1.75. The van der Waals surface area contributed by atoms with Crippen LogP contribution in [0.3, 0.4) is 0 Å². The van der Waals surface area contributed by atoms with Gasteiger partial charge in [0.2, 0.25) is 0 Å². The monoisotopic (exact) mass is 444 g/mol. The van der Waals surface area contributed by atoms with Crippen LogP contribution in [0.25, 0.3) is 22.0 Å². The second-order valence-corrected chi connectivity index (χ2v) is 8.09. The fourth-order valence-electron chi connectivity index (χ4n) is 3.08. The lowest BCUT2D eigenvalue weighted by atomic mass is 10.1. The normalized spacial score (nSPS) is 12.8. The van der Waals surface area contributed by atoms with Crippen LogP contribution in [0.2, 0.25) is 0 Å². The van der Waals surface area contributed by atoms with Crippen molar-refractivity contribution in [3.05, 3.63) is 82.7 Å². The molecule has 0 N–H and O–H groups in total. The molecular weight excluding hydrogens is 429 g/mol. The van der Waals surface area contributed by atoms with Crippen molar-refractivity contribution < 1.29 is 17.7 Å². The fourth-order valence-corrected chi connectivity index (χ4v) is 3.54. The standard InChI is InChI=1S/C21H15F3N4O2S/c1-31(30)20-26-17(9-18(27-20)21(22,23)24)15-4-5-19(29)28(12-15)11-13-2-3-14-6-7-25-10-16(14)8-13/h2-10,12H,11H2,1H3. The molecule has 0 radical (unpaired) electrons. The molecule has 0 aliphatic carbocycles. The third-order valence-corrected chi connectivity index (χ3v) is 5.29. The van der Waals surface area contributed by atoms with Gasteiger partial charge in [-0.3, -0.25) is 9.78 Å². The molecule has 0 saturated heterocycles. The smallest absolute Gasteiger partial charge is 0.433 e. The highest BCUT2D eigenvalue weighted by Gasteiger charge is 2.35. The average molecular weight is 444 g/mol. The number of rotatable bonds is 4. The predicted octanol–water partition coefficient (Wildman–Crippen LogP) is 3.66. The van der Waals surface area contributed by atoms with Gasteiger partial charge in [-0.15, -0.1) is 0 Å². The van der Waals surface area contributed by atoms with E-state index in [1.54, 1.807) is 12.4 Å². The maximum absolute atomic E-state index is 13.2. The van der Waals surface area contributed by atoms with Crippen molar-refractivity contribution in [3.63, 3.8) is 0 Å². The van der Waals surface area contributed by atoms with Gasteiger partial charge in [-0.1, -0.05) is 12.1 Å². The van der Waals surface area contributed by atoms with Crippen LogP contribution < -0.4 is 5.56 Å². The molecular formula is C21H15F3N4O2S. The molecule has 4 rings (SSSR count). The van der Waals surface area contributed by atoms with E-state index in [9.17, 15) is 22.5 Å². The number of benzene rings is 1. The van der Waals surface area contributed by atoms with Gasteiger partial charge in [-0.2, -0.15) is 23.1 Å². The number of hydrogen-bond acceptors (Lipinski definition) is 5. The molecule has 3 aromatic heterocycles. The molecule has 0 spiro atoms. The van der Waals surface area contributed by atoms with Crippen LogP contribution in [0.15, 0.2) is 71.0 Å². The Bertz CT molecular complexity index is 1320. The number of halogens is 3. The second kappa shape index (κ2) is 8.12. The Morgan fingerprint density at radius 1 is 1.06 bits per heavy atom. The number of fused-ring (bicyclic) bond motifs is 1. The highest BCUT2D eigenvalue weighted by molar-refractivity contribution is 7.90. The third kappa shape index (κ3) is 4.59. The minimum absolute atomic E-state index is 0.0658. The largest absolute Gasteiger partial charge is 0.609 e. The summed E-state index contributed by atoms with van der Waals surface area (Å²) in [5.41, 5.74) is -0.471. The summed E-state index contributed by atoms with van der Waals surface area (Å²) in [5, 5.41) is 1.48. The molecule has 4 aromatic rings. The number of aromatic nitrogens is 4. The van der Waals surface area contributed by atoms with E-state index < -0.39 is 28.2 Å². The lowest BCUT2D eigenvalue weighted by Crippen LogP contribution is -2.19. The van der Waals surface area contributed by atoms with E-state index >= 15 is 0 Å². The summed E-state index contributed by atoms with van der Waals surface area (Å²) in [7, 11) is 0. The highest BCUT2D eigenvalue weighted by atomic mass is 32.2. The van der Waals surface area contributed by atoms with E-state index in [2.05, 4.69) is 15.0 Å². The zero-order valence-corrected chi connectivity index (χ0v) is 16.9. The van der Waals surface area contributed by atoms with Gasteiger partial charge in [-0.05, 0) is 35.2 Å². The second-order valence-electron chi connectivity index (χ2n) is 6.81. The summed E-state index contributed by atoms with van der Waals surface area (Å²) in [6.07, 6.45) is 1.31. The topological polar surface area (TPSA) is 83.7 Å². The zero-order valence-electron chi connectivity index (χ0n) is 16.1. The summed E-state index contributed by atoms with van der Waals surface area (Å²) >= 11 is -1.81. The maximum atomic E-state index is 13.2. The van der Waals surface area contributed by atoms with Crippen LogP contribution in [0.5, 0.6) is 0 Å². The molecule has 0 amide bonds. The summed E-state index contributed by atoms with van der Waals surface area (Å²) in [6, 6.07) is 11.0. The van der Waals surface area contributed by atoms with E-state index in [1.165, 1.54) is 29.2 Å². The van der Waals surface area contributed by atoms with E-state index in [-0.39, 0.29) is 23.4 Å². The number of pyridine rings is 2. The van der Waals surface area contributed by atoms with E-state index in [0.29, 0.717) is 0 Å². The first-order valence-electron chi connectivity index (χ1n) is 9.04. The summed E-state index contributed by atoms with van der Waals surface area (Å²) in [4.78, 5) is 23.8. The molecule has 158 valence electrons. The maximum Gasteiger partial charge on any atom is 0.433 e. The Morgan fingerprint density at radius 2 is 1.87 bits per heavy atom. The van der Waals surface area contributed by atoms with Crippen LogP contribution in [0.1, 0.15) is 11.3 Å². The average Bonchev–Trinajstić information content (AvgIpc) is 2.74. The molecule has 6 nitrogen and oxygen atoms in total. The van der Waals surface area contributed by atoms with Gasteiger partial charge in [0.15, 0.2) is 5.69 Å². The molecule has 1 atom stereocenters. The molecule has 31 heavy (non-hydrogen) atoms. The van der Waals surface area contributed by atoms with Crippen molar-refractivity contribution >= 4 is 21.9 Å². The Hall–Kier alpha value is -3.24. The summed E-state index contributed by atoms with van der Waals surface area (Å²) in [6.45, 7) is 0.210. The van der Waals surface area contributed by atoms with Crippen LogP contribution in [0, 0.1) is 0 Å². The molecule has 0 aliphatic heterocycles. The van der Waals surface area contributed by atoms with Crippen LogP contribution >= 0.6 is 0 Å². The molecule has 10 heteroatoms. The third-order valence-electron chi connectivity index (χ3n) is 4.59. The quantitative estimate of drug-likeness (QED) is 0.354. The van der Waals surface area contributed by atoms with Gasteiger partial charge >= 0.3 is 11.3 Å². The van der Waals surface area contributed by atoms with Gasteiger partial charge in [0.25, 0.3) is 5.56 Å². The minimum atomic E-state index is -4.72. The van der Waals surface area contributed by atoms with Crippen molar-refractivity contribution in [2.24, 2.45) is 0 Å². The number of alkyl halides is 3. The Labute approximate surface area is 177 Å². The zero-order chi connectivity index (χ0) is 22.2. The Kier molecular flexibility index (Phi) is 5.50. The number of nitrogens with zero attached hydrogens (tertiary/aromatic N) is 4. The minimum Gasteiger partial charge on any atom is -0.609 e. The van der Waals surface area contributed by atoms with Crippen molar-refractivity contribution in [2.75, 3.05) is 6.26 Å². The van der Waals surface area contributed by atoms with Gasteiger partial charge in [0.1, 0.15) is 6.26 Å². The van der Waals surface area contributed by atoms with Gasteiger partial charge < -0.3 is 9.12 Å². The molecule has 1 unspecified atom stereocenters. The highest BCUT2D eigenvalue weighted by Crippen LogP contribution is 2.30. The first-order chi connectivity index (χ1) is 14.7. The fraction of sp³-hybridized carbons (Fsp3) is 0.143. The molecule has 0 fully saturated rings. The molecule has 0 bridgehead atoms. The van der Waals surface area contributed by atoms with Crippen molar-refractivity contribution in [2.45, 2.75) is 17.9 Å². The first kappa shape index (κ1) is 21.0.